The maximum Gasteiger partial charge on any atom is 0.234 e. The molecule has 17 heavy (non-hydrogen) atoms. The minimum atomic E-state index is -3.31. The SMILES string of the molecule is CS(=O)(=O)c1cccc(N2CC(=O)CC2=O)c1. The van der Waals surface area contributed by atoms with Gasteiger partial charge in [0.1, 0.15) is 0 Å². The molecule has 0 atom stereocenters. The second-order valence-electron chi connectivity index (χ2n) is 3.96. The fourth-order valence-electron chi connectivity index (χ4n) is 1.70. The summed E-state index contributed by atoms with van der Waals surface area (Å²) in [7, 11) is -3.31. The van der Waals surface area contributed by atoms with Crippen LogP contribution < -0.4 is 4.90 Å². The minimum Gasteiger partial charge on any atom is -0.305 e. The first-order valence-electron chi connectivity index (χ1n) is 5.00. The number of ketones is 1. The number of hydrogen-bond donors (Lipinski definition) is 0. The van der Waals surface area contributed by atoms with E-state index in [4.69, 9.17) is 0 Å². The molecular weight excluding hydrogens is 242 g/mol. The Balaban J connectivity index is 2.41. The Labute approximate surface area is 99.0 Å². The number of benzene rings is 1. The van der Waals surface area contributed by atoms with Crippen molar-refractivity contribution in [1.29, 1.82) is 0 Å². The van der Waals surface area contributed by atoms with Crippen molar-refractivity contribution >= 4 is 27.2 Å². The third-order valence-electron chi connectivity index (χ3n) is 2.54. The summed E-state index contributed by atoms with van der Waals surface area (Å²) >= 11 is 0. The van der Waals surface area contributed by atoms with E-state index in [1.165, 1.54) is 17.0 Å². The summed E-state index contributed by atoms with van der Waals surface area (Å²) in [5.41, 5.74) is 0.448. The molecule has 0 N–H and O–H groups in total. The lowest BCUT2D eigenvalue weighted by Crippen LogP contribution is -2.24. The fraction of sp³-hybridized carbons (Fsp3) is 0.273. The standard InChI is InChI=1S/C11H11NO4S/c1-17(15,16)10-4-2-3-8(5-10)12-7-9(13)6-11(12)14/h2-5H,6-7H2,1H3. The number of anilines is 1. The Morgan fingerprint density at radius 1 is 1.24 bits per heavy atom. The zero-order valence-corrected chi connectivity index (χ0v) is 10.0. The molecule has 1 saturated heterocycles. The first-order chi connectivity index (χ1) is 7.88. The number of rotatable bonds is 2. The van der Waals surface area contributed by atoms with E-state index >= 15 is 0 Å². The van der Waals surface area contributed by atoms with E-state index in [1.807, 2.05) is 0 Å². The van der Waals surface area contributed by atoms with Gasteiger partial charge in [0.25, 0.3) is 0 Å². The van der Waals surface area contributed by atoms with E-state index in [0.717, 1.165) is 6.26 Å². The Bertz CT molecular complexity index is 591. The van der Waals surface area contributed by atoms with Gasteiger partial charge in [0, 0.05) is 11.9 Å². The number of hydrogen-bond acceptors (Lipinski definition) is 4. The molecule has 0 radical (unpaired) electrons. The van der Waals surface area contributed by atoms with E-state index in [-0.39, 0.29) is 29.6 Å². The number of nitrogens with zero attached hydrogens (tertiary/aromatic N) is 1. The lowest BCUT2D eigenvalue weighted by Gasteiger charge is -2.15. The fourth-order valence-corrected chi connectivity index (χ4v) is 2.36. The van der Waals surface area contributed by atoms with Crippen LogP contribution in [0, 0.1) is 0 Å². The van der Waals surface area contributed by atoms with Gasteiger partial charge in [0.15, 0.2) is 15.6 Å². The Morgan fingerprint density at radius 3 is 2.47 bits per heavy atom. The molecule has 0 unspecified atom stereocenters. The van der Waals surface area contributed by atoms with Gasteiger partial charge < -0.3 is 4.90 Å². The first kappa shape index (κ1) is 11.8. The van der Waals surface area contributed by atoms with E-state index in [2.05, 4.69) is 0 Å². The van der Waals surface area contributed by atoms with Crippen LogP contribution in [-0.4, -0.2) is 32.9 Å². The van der Waals surface area contributed by atoms with Gasteiger partial charge >= 0.3 is 0 Å². The predicted octanol–water partition coefficient (Wildman–Crippen LogP) is 0.396. The molecular formula is C11H11NO4S. The van der Waals surface area contributed by atoms with E-state index in [0.29, 0.717) is 5.69 Å². The van der Waals surface area contributed by atoms with Crippen LogP contribution in [0.3, 0.4) is 0 Å². The molecule has 0 saturated carbocycles. The van der Waals surface area contributed by atoms with Crippen LogP contribution in [0.2, 0.25) is 0 Å². The largest absolute Gasteiger partial charge is 0.305 e. The number of carbonyl (C=O) groups is 2. The number of carbonyl (C=O) groups excluding carboxylic acids is 2. The molecule has 1 fully saturated rings. The molecule has 6 heteroatoms. The lowest BCUT2D eigenvalue weighted by molar-refractivity contribution is -0.121. The lowest BCUT2D eigenvalue weighted by atomic mass is 10.3. The number of sulfone groups is 1. The third-order valence-corrected chi connectivity index (χ3v) is 3.65. The molecule has 2 rings (SSSR count). The number of amides is 1. The quantitative estimate of drug-likeness (QED) is 0.715. The highest BCUT2D eigenvalue weighted by Crippen LogP contribution is 2.22. The molecule has 1 aliphatic rings. The van der Waals surface area contributed by atoms with Crippen LogP contribution in [0.15, 0.2) is 29.2 Å². The molecule has 5 nitrogen and oxygen atoms in total. The maximum atomic E-state index is 11.5. The van der Waals surface area contributed by atoms with Crippen molar-refractivity contribution in [2.75, 3.05) is 17.7 Å². The molecule has 1 aliphatic heterocycles. The third kappa shape index (κ3) is 2.36. The molecule has 0 spiro atoms. The monoisotopic (exact) mass is 253 g/mol. The predicted molar refractivity (Wildman–Crippen MR) is 61.5 cm³/mol. The molecule has 0 aromatic heterocycles. The van der Waals surface area contributed by atoms with Gasteiger partial charge in [-0.05, 0) is 18.2 Å². The molecule has 90 valence electrons. The minimum absolute atomic E-state index is 0.0199. The Kier molecular flexibility index (Phi) is 2.74. The van der Waals surface area contributed by atoms with Crippen molar-refractivity contribution in [1.82, 2.24) is 0 Å². The van der Waals surface area contributed by atoms with Crippen LogP contribution in [-0.2, 0) is 19.4 Å². The average molecular weight is 253 g/mol. The van der Waals surface area contributed by atoms with Crippen molar-refractivity contribution in [3.05, 3.63) is 24.3 Å². The molecule has 1 aromatic carbocycles. The summed E-state index contributed by atoms with van der Waals surface area (Å²) in [6.07, 6.45) is 0.992. The molecule has 1 aromatic rings. The van der Waals surface area contributed by atoms with Gasteiger partial charge in [0.2, 0.25) is 5.91 Å². The van der Waals surface area contributed by atoms with Gasteiger partial charge in [-0.3, -0.25) is 9.59 Å². The van der Waals surface area contributed by atoms with Gasteiger partial charge in [-0.1, -0.05) is 6.07 Å². The molecule has 1 amide bonds. The zero-order chi connectivity index (χ0) is 12.6. The summed E-state index contributed by atoms with van der Waals surface area (Å²) in [4.78, 5) is 24.1. The highest BCUT2D eigenvalue weighted by atomic mass is 32.2. The van der Waals surface area contributed by atoms with E-state index in [1.54, 1.807) is 12.1 Å². The smallest absolute Gasteiger partial charge is 0.234 e. The van der Waals surface area contributed by atoms with Gasteiger partial charge in [0.05, 0.1) is 17.9 Å². The second kappa shape index (κ2) is 3.96. The molecule has 0 aliphatic carbocycles. The van der Waals surface area contributed by atoms with Crippen molar-refractivity contribution in [2.24, 2.45) is 0 Å². The normalized spacial score (nSPS) is 16.6. The van der Waals surface area contributed by atoms with Crippen molar-refractivity contribution in [2.45, 2.75) is 11.3 Å². The molecule has 1 heterocycles. The van der Waals surface area contributed by atoms with Crippen molar-refractivity contribution < 1.29 is 18.0 Å². The zero-order valence-electron chi connectivity index (χ0n) is 9.21. The summed E-state index contributed by atoms with van der Waals surface area (Å²) in [5.74, 6) is -0.444. The summed E-state index contributed by atoms with van der Waals surface area (Å²) in [6, 6.07) is 6.04. The second-order valence-corrected chi connectivity index (χ2v) is 5.98. The average Bonchev–Trinajstić information content (AvgIpc) is 2.57. The highest BCUT2D eigenvalue weighted by Gasteiger charge is 2.28. The van der Waals surface area contributed by atoms with Crippen molar-refractivity contribution in [3.8, 4) is 0 Å². The highest BCUT2D eigenvalue weighted by molar-refractivity contribution is 7.90. The molecule has 0 bridgehead atoms. The first-order valence-corrected chi connectivity index (χ1v) is 6.89. The Hall–Kier alpha value is -1.69. The Morgan fingerprint density at radius 2 is 1.94 bits per heavy atom. The van der Waals surface area contributed by atoms with Gasteiger partial charge in [-0.2, -0.15) is 0 Å². The van der Waals surface area contributed by atoms with Gasteiger partial charge in [-0.25, -0.2) is 8.42 Å². The van der Waals surface area contributed by atoms with Gasteiger partial charge in [-0.15, -0.1) is 0 Å². The topological polar surface area (TPSA) is 71.5 Å². The summed E-state index contributed by atoms with van der Waals surface area (Å²) in [5, 5.41) is 0. The van der Waals surface area contributed by atoms with E-state index < -0.39 is 9.84 Å². The number of Topliss-reactive ketones (excluding diaryl/α,β-unsaturated/α-hetero) is 1. The summed E-state index contributed by atoms with van der Waals surface area (Å²) in [6.45, 7) is 0.0199. The van der Waals surface area contributed by atoms with Crippen LogP contribution in [0.25, 0.3) is 0 Å². The van der Waals surface area contributed by atoms with Crippen LogP contribution >= 0.6 is 0 Å². The van der Waals surface area contributed by atoms with Crippen LogP contribution in [0.1, 0.15) is 6.42 Å². The van der Waals surface area contributed by atoms with Crippen LogP contribution in [0.4, 0.5) is 5.69 Å². The van der Waals surface area contributed by atoms with Crippen LogP contribution in [0.5, 0.6) is 0 Å². The summed E-state index contributed by atoms with van der Waals surface area (Å²) < 4.78 is 22.8. The van der Waals surface area contributed by atoms with E-state index in [9.17, 15) is 18.0 Å². The van der Waals surface area contributed by atoms with Crippen molar-refractivity contribution in [3.63, 3.8) is 0 Å². The maximum absolute atomic E-state index is 11.5.